The van der Waals surface area contributed by atoms with Crippen LogP contribution in [0.25, 0.3) is 0 Å². The Bertz CT molecular complexity index is 1650. The van der Waals surface area contributed by atoms with E-state index < -0.39 is 27.3 Å². The average molecular weight is 786 g/mol. The van der Waals surface area contributed by atoms with Crippen LogP contribution in [-0.4, -0.2) is 91.8 Å². The second-order valence-corrected chi connectivity index (χ2v) is 24.8. The van der Waals surface area contributed by atoms with E-state index in [1.54, 1.807) is 4.31 Å². The van der Waals surface area contributed by atoms with Crippen LogP contribution in [0.4, 0.5) is 0 Å². The summed E-state index contributed by atoms with van der Waals surface area (Å²) in [4.78, 5) is 27.9. The van der Waals surface area contributed by atoms with Gasteiger partial charge in [0.1, 0.15) is 6.10 Å². The lowest BCUT2D eigenvalue weighted by Gasteiger charge is -2.73. The topological polar surface area (TPSA) is 116 Å². The molecule has 1 heterocycles. The number of carboxylic acids is 1. The van der Waals surface area contributed by atoms with Crippen LogP contribution in [0.15, 0.2) is 0 Å². The standard InChI is InChI=1S/C45H75N3O6S/c1-39(2)31(37(49)50)28-32(39)38(51)54-35-14-15-42(6)33(40(35,3)4)13-16-44(8)34(42)11-10-30-36-29(41(5)18-19-41)12-17-45(36,21-20-43(30,44)7)46-22-23-47-24-26-48(27-25-47)55(9,52)53/h29-36,46H,10-28H2,1-9H3,(H,49,50)/t29-,30-,31+,32-,33+,34?,35+,36?,42+,43-,44-,45+/m1/s1. The Balaban J connectivity index is 0.985. The third-order valence-corrected chi connectivity index (χ3v) is 21.4. The molecule has 1 saturated heterocycles. The molecule has 8 fully saturated rings. The first kappa shape index (κ1) is 40.5. The van der Waals surface area contributed by atoms with Gasteiger partial charge in [0, 0.05) is 50.2 Å². The van der Waals surface area contributed by atoms with Crippen LogP contribution in [0.2, 0.25) is 0 Å². The van der Waals surface area contributed by atoms with Crippen molar-refractivity contribution in [3.8, 4) is 0 Å². The average Bonchev–Trinajstić information content (AvgIpc) is 3.72. The molecule has 10 heteroatoms. The highest BCUT2D eigenvalue weighted by molar-refractivity contribution is 7.88. The van der Waals surface area contributed by atoms with E-state index in [2.05, 4.69) is 51.8 Å². The van der Waals surface area contributed by atoms with Crippen molar-refractivity contribution in [3.05, 3.63) is 0 Å². The minimum absolute atomic E-state index is 0.127. The van der Waals surface area contributed by atoms with Crippen LogP contribution in [0.3, 0.4) is 0 Å². The molecule has 7 saturated carbocycles. The number of rotatable bonds is 9. The summed E-state index contributed by atoms with van der Waals surface area (Å²) >= 11 is 0. The summed E-state index contributed by atoms with van der Waals surface area (Å²) in [5.41, 5.74) is 0.758. The van der Waals surface area contributed by atoms with E-state index in [9.17, 15) is 23.1 Å². The molecular weight excluding hydrogens is 711 g/mol. The van der Waals surface area contributed by atoms with E-state index in [4.69, 9.17) is 4.74 Å². The molecule has 2 unspecified atom stereocenters. The highest BCUT2D eigenvalue weighted by Crippen LogP contribution is 2.78. The number of hydrogen-bond donors (Lipinski definition) is 2. The highest BCUT2D eigenvalue weighted by atomic mass is 32.2. The van der Waals surface area contributed by atoms with Crippen LogP contribution in [0.1, 0.15) is 139 Å². The first-order chi connectivity index (χ1) is 25.5. The predicted octanol–water partition coefficient (Wildman–Crippen LogP) is 7.45. The summed E-state index contributed by atoms with van der Waals surface area (Å²) in [6, 6.07) is 0. The summed E-state index contributed by atoms with van der Waals surface area (Å²) in [5.74, 6) is 1.57. The number of ether oxygens (including phenoxy) is 1. The molecule has 2 N–H and O–H groups in total. The highest BCUT2D eigenvalue weighted by Gasteiger charge is 2.72. The van der Waals surface area contributed by atoms with Gasteiger partial charge in [-0.1, -0.05) is 55.4 Å². The van der Waals surface area contributed by atoms with Crippen molar-refractivity contribution in [1.82, 2.24) is 14.5 Å². The van der Waals surface area contributed by atoms with Crippen molar-refractivity contribution < 1.29 is 27.9 Å². The number of fused-ring (bicyclic) bond motifs is 7. The van der Waals surface area contributed by atoms with E-state index in [1.807, 2.05) is 13.8 Å². The summed E-state index contributed by atoms with van der Waals surface area (Å²) < 4.78 is 32.3. The largest absolute Gasteiger partial charge is 0.481 e. The molecule has 8 aliphatic rings. The number of carbonyl (C=O) groups is 2. The first-order valence-electron chi connectivity index (χ1n) is 22.4. The Labute approximate surface area is 333 Å². The number of aliphatic carboxylic acids is 1. The molecule has 0 amide bonds. The Morgan fingerprint density at radius 1 is 0.727 bits per heavy atom. The molecule has 8 rings (SSSR count). The van der Waals surface area contributed by atoms with Gasteiger partial charge in [0.05, 0.1) is 18.1 Å². The third kappa shape index (κ3) is 6.06. The van der Waals surface area contributed by atoms with Gasteiger partial charge in [-0.3, -0.25) is 14.5 Å². The summed E-state index contributed by atoms with van der Waals surface area (Å²) in [5, 5.41) is 14.0. The maximum atomic E-state index is 13.6. The Hall–Kier alpha value is -1.23. The third-order valence-electron chi connectivity index (χ3n) is 20.1. The van der Waals surface area contributed by atoms with Crippen molar-refractivity contribution in [2.24, 2.45) is 73.9 Å². The molecular formula is C45H75N3O6S. The zero-order chi connectivity index (χ0) is 39.8. The number of esters is 1. The van der Waals surface area contributed by atoms with Crippen LogP contribution < -0.4 is 5.32 Å². The molecule has 9 nitrogen and oxygen atoms in total. The summed E-state index contributed by atoms with van der Waals surface area (Å²) in [7, 11) is -3.12. The molecule has 0 spiro atoms. The zero-order valence-electron chi connectivity index (χ0n) is 35.8. The molecule has 0 aromatic heterocycles. The maximum absolute atomic E-state index is 13.6. The molecule has 1 aliphatic heterocycles. The Morgan fingerprint density at radius 2 is 1.42 bits per heavy atom. The molecule has 12 atom stereocenters. The van der Waals surface area contributed by atoms with Gasteiger partial charge in [0.15, 0.2) is 0 Å². The number of nitrogens with zero attached hydrogens (tertiary/aromatic N) is 2. The van der Waals surface area contributed by atoms with E-state index in [0.29, 0.717) is 48.1 Å². The van der Waals surface area contributed by atoms with Gasteiger partial charge in [-0.25, -0.2) is 8.42 Å². The summed E-state index contributed by atoms with van der Waals surface area (Å²) in [6.45, 7) is 24.1. The number of piperazine rings is 1. The van der Waals surface area contributed by atoms with Crippen LogP contribution in [0, 0.1) is 73.9 Å². The van der Waals surface area contributed by atoms with Gasteiger partial charge < -0.3 is 15.2 Å². The van der Waals surface area contributed by atoms with Crippen molar-refractivity contribution in [2.45, 2.75) is 151 Å². The van der Waals surface area contributed by atoms with Crippen LogP contribution >= 0.6 is 0 Å². The normalized spacial score (nSPS) is 47.3. The molecule has 0 radical (unpaired) electrons. The maximum Gasteiger partial charge on any atom is 0.309 e. The number of hydrogen-bond acceptors (Lipinski definition) is 7. The van der Waals surface area contributed by atoms with Gasteiger partial charge in [-0.15, -0.1) is 0 Å². The lowest BCUT2D eigenvalue weighted by molar-refractivity contribution is -0.249. The second-order valence-electron chi connectivity index (χ2n) is 22.9. The molecule has 0 aromatic rings. The monoisotopic (exact) mass is 786 g/mol. The lowest BCUT2D eigenvalue weighted by Crippen LogP contribution is -2.69. The van der Waals surface area contributed by atoms with Crippen molar-refractivity contribution in [3.63, 3.8) is 0 Å². The molecule has 7 aliphatic carbocycles. The van der Waals surface area contributed by atoms with E-state index in [1.165, 1.54) is 70.5 Å². The molecule has 312 valence electrons. The Kier molecular flexibility index (Phi) is 9.68. The number of carbonyl (C=O) groups excluding carboxylic acids is 1. The van der Waals surface area contributed by atoms with Gasteiger partial charge in [-0.05, 0) is 140 Å². The predicted molar refractivity (Wildman–Crippen MR) is 216 cm³/mol. The first-order valence-corrected chi connectivity index (χ1v) is 24.2. The fourth-order valence-corrected chi connectivity index (χ4v) is 17.0. The number of sulfonamides is 1. The van der Waals surface area contributed by atoms with Gasteiger partial charge in [0.25, 0.3) is 0 Å². The Morgan fingerprint density at radius 3 is 2.04 bits per heavy atom. The molecule has 55 heavy (non-hydrogen) atoms. The lowest BCUT2D eigenvalue weighted by atomic mass is 9.32. The van der Waals surface area contributed by atoms with Gasteiger partial charge in [-0.2, -0.15) is 4.31 Å². The van der Waals surface area contributed by atoms with E-state index in [-0.39, 0.29) is 39.8 Å². The fourth-order valence-electron chi connectivity index (χ4n) is 16.1. The number of carboxylic acid groups (broad SMARTS) is 1. The zero-order valence-corrected chi connectivity index (χ0v) is 36.7. The minimum atomic E-state index is -3.12. The van der Waals surface area contributed by atoms with Crippen molar-refractivity contribution in [1.29, 1.82) is 0 Å². The second kappa shape index (κ2) is 13.1. The van der Waals surface area contributed by atoms with E-state index >= 15 is 0 Å². The molecule has 0 aromatic carbocycles. The van der Waals surface area contributed by atoms with Crippen molar-refractivity contribution in [2.75, 3.05) is 45.5 Å². The van der Waals surface area contributed by atoms with Crippen molar-refractivity contribution >= 4 is 22.0 Å². The van der Waals surface area contributed by atoms with E-state index in [0.717, 1.165) is 50.9 Å². The fraction of sp³-hybridized carbons (Fsp3) is 0.956. The van der Waals surface area contributed by atoms with Crippen LogP contribution in [-0.2, 0) is 24.3 Å². The summed E-state index contributed by atoms with van der Waals surface area (Å²) in [6.07, 6.45) is 16.6. The smallest absolute Gasteiger partial charge is 0.309 e. The SMILES string of the molecule is CC1([C@@H]2CC[C@]3(NCCN4CCN(S(C)(=O)=O)CC4)CC[C@]4(C)[C@H](CCC5[C@@]6(C)CC[C@H](OC(=O)[C@H]7C[C@@H](C(=O)O)C7(C)C)C(C)(C)[C@@H]6CC[C@]54C)C23)CC1. The molecule has 0 bridgehead atoms. The van der Waals surface area contributed by atoms with Gasteiger partial charge in [0.2, 0.25) is 10.0 Å². The van der Waals surface area contributed by atoms with Crippen LogP contribution in [0.5, 0.6) is 0 Å². The quantitative estimate of drug-likeness (QED) is 0.232. The number of nitrogens with one attached hydrogen (secondary N) is 1. The minimum Gasteiger partial charge on any atom is -0.481 e. The van der Waals surface area contributed by atoms with Gasteiger partial charge >= 0.3 is 11.9 Å².